The number of methoxy groups -OCH3 is 2. The molecule has 29 heavy (non-hydrogen) atoms. The molecule has 0 heterocycles. The van der Waals surface area contributed by atoms with Crippen LogP contribution in [0.1, 0.15) is 60.8 Å². The molecule has 0 unspecified atom stereocenters. The molecule has 0 saturated heterocycles. The van der Waals surface area contributed by atoms with Crippen LogP contribution >= 0.6 is 0 Å². The van der Waals surface area contributed by atoms with Gasteiger partial charge in [0.05, 0.1) is 14.2 Å². The van der Waals surface area contributed by atoms with Crippen LogP contribution < -0.4 is 10.6 Å². The lowest BCUT2D eigenvalue weighted by Gasteiger charge is -2.24. The van der Waals surface area contributed by atoms with E-state index in [2.05, 4.69) is 10.6 Å². The number of hydrogen-bond acceptors (Lipinski definition) is 8. The van der Waals surface area contributed by atoms with E-state index in [1.807, 2.05) is 0 Å². The maximum absolute atomic E-state index is 11.9. The van der Waals surface area contributed by atoms with Crippen LogP contribution in [0.5, 0.6) is 0 Å². The minimum absolute atomic E-state index is 0.162. The number of ether oxygens (including phenoxy) is 4. The Balaban J connectivity index is 4.89. The van der Waals surface area contributed by atoms with E-state index in [0.29, 0.717) is 6.42 Å². The quantitative estimate of drug-likeness (QED) is 0.454. The van der Waals surface area contributed by atoms with E-state index in [1.165, 1.54) is 14.2 Å². The minimum Gasteiger partial charge on any atom is -0.467 e. The van der Waals surface area contributed by atoms with Crippen LogP contribution in [0, 0.1) is 0 Å². The zero-order chi connectivity index (χ0) is 22.8. The molecule has 0 aromatic rings. The number of carbonyl (C=O) groups excluding carboxylic acids is 4. The van der Waals surface area contributed by atoms with Crippen molar-refractivity contribution < 1.29 is 38.1 Å². The Morgan fingerprint density at radius 1 is 0.690 bits per heavy atom. The van der Waals surface area contributed by atoms with Gasteiger partial charge in [-0.3, -0.25) is 0 Å². The minimum atomic E-state index is -0.963. The Kier molecular flexibility index (Phi) is 10.5. The molecule has 0 aliphatic rings. The average Bonchev–Trinajstić information content (AvgIpc) is 2.55. The van der Waals surface area contributed by atoms with Crippen LogP contribution in [0.3, 0.4) is 0 Å². The fourth-order valence-electron chi connectivity index (χ4n) is 2.21. The van der Waals surface area contributed by atoms with Crippen molar-refractivity contribution in [2.45, 2.75) is 84.1 Å². The fraction of sp³-hybridized carbons (Fsp3) is 0.789. The average molecular weight is 418 g/mol. The molecule has 0 radical (unpaired) electrons. The van der Waals surface area contributed by atoms with Gasteiger partial charge in [-0.25, -0.2) is 19.2 Å². The lowest BCUT2D eigenvalue weighted by molar-refractivity contribution is -0.143. The molecule has 0 aromatic carbocycles. The summed E-state index contributed by atoms with van der Waals surface area (Å²) in [6.45, 7) is 10.2. The van der Waals surface area contributed by atoms with Gasteiger partial charge in [-0.2, -0.15) is 0 Å². The van der Waals surface area contributed by atoms with Crippen molar-refractivity contribution in [3.63, 3.8) is 0 Å². The molecule has 10 nitrogen and oxygen atoms in total. The number of hydrogen-bond donors (Lipinski definition) is 2. The van der Waals surface area contributed by atoms with Crippen molar-refractivity contribution in [2.24, 2.45) is 0 Å². The molecule has 168 valence electrons. The monoisotopic (exact) mass is 418 g/mol. The topological polar surface area (TPSA) is 129 Å². The fourth-order valence-corrected chi connectivity index (χ4v) is 2.21. The van der Waals surface area contributed by atoms with Crippen LogP contribution in [-0.2, 0) is 28.5 Å². The van der Waals surface area contributed by atoms with E-state index in [-0.39, 0.29) is 12.8 Å². The van der Waals surface area contributed by atoms with Gasteiger partial charge < -0.3 is 29.6 Å². The van der Waals surface area contributed by atoms with Crippen LogP contribution in [0.2, 0.25) is 0 Å². The van der Waals surface area contributed by atoms with Gasteiger partial charge in [-0.1, -0.05) is 0 Å². The molecule has 2 amide bonds. The number of alkyl carbamates (subject to hydrolysis) is 2. The molecule has 0 bridgehead atoms. The van der Waals surface area contributed by atoms with Crippen LogP contribution in [0.25, 0.3) is 0 Å². The van der Waals surface area contributed by atoms with Gasteiger partial charge in [0, 0.05) is 0 Å². The number of esters is 2. The molecule has 0 fully saturated rings. The maximum atomic E-state index is 11.9. The zero-order valence-corrected chi connectivity index (χ0v) is 18.5. The summed E-state index contributed by atoms with van der Waals surface area (Å²) < 4.78 is 19.7. The van der Waals surface area contributed by atoms with Crippen LogP contribution in [0.15, 0.2) is 0 Å². The second-order valence-electron chi connectivity index (χ2n) is 8.37. The van der Waals surface area contributed by atoms with E-state index in [1.54, 1.807) is 41.5 Å². The predicted octanol–water partition coefficient (Wildman–Crippen LogP) is 2.29. The third-order valence-corrected chi connectivity index (χ3v) is 3.34. The first-order chi connectivity index (χ1) is 13.2. The van der Waals surface area contributed by atoms with Gasteiger partial charge >= 0.3 is 24.1 Å². The molecule has 0 rings (SSSR count). The highest BCUT2D eigenvalue weighted by atomic mass is 16.6. The Morgan fingerprint density at radius 3 is 1.24 bits per heavy atom. The molecule has 2 atom stereocenters. The van der Waals surface area contributed by atoms with Gasteiger partial charge in [0.15, 0.2) is 0 Å². The number of nitrogens with one attached hydrogen (secondary N) is 2. The molecule has 0 aliphatic carbocycles. The highest BCUT2D eigenvalue weighted by Crippen LogP contribution is 2.12. The first-order valence-electron chi connectivity index (χ1n) is 9.33. The van der Waals surface area contributed by atoms with Crippen molar-refractivity contribution in [1.82, 2.24) is 10.6 Å². The normalized spacial score (nSPS) is 13.5. The molecular weight excluding hydrogens is 384 g/mol. The molecular formula is C19H34N2O8. The van der Waals surface area contributed by atoms with Crippen LogP contribution in [-0.4, -0.2) is 61.6 Å². The Labute approximate surface area is 172 Å². The molecule has 0 aliphatic heterocycles. The van der Waals surface area contributed by atoms with Gasteiger partial charge in [0.1, 0.15) is 23.3 Å². The Morgan fingerprint density at radius 2 is 1.00 bits per heavy atom. The predicted molar refractivity (Wildman–Crippen MR) is 104 cm³/mol. The summed E-state index contributed by atoms with van der Waals surface area (Å²) in [5.41, 5.74) is -1.45. The van der Waals surface area contributed by atoms with Crippen molar-refractivity contribution in [2.75, 3.05) is 14.2 Å². The van der Waals surface area contributed by atoms with Crippen molar-refractivity contribution in [3.8, 4) is 0 Å². The first kappa shape index (κ1) is 26.5. The molecule has 0 aromatic heterocycles. The summed E-state index contributed by atoms with van der Waals surface area (Å²) in [4.78, 5) is 47.7. The first-order valence-corrected chi connectivity index (χ1v) is 9.33. The van der Waals surface area contributed by atoms with Gasteiger partial charge in [-0.15, -0.1) is 0 Å². The second kappa shape index (κ2) is 11.5. The van der Waals surface area contributed by atoms with E-state index in [9.17, 15) is 19.2 Å². The highest BCUT2D eigenvalue weighted by molar-refractivity contribution is 5.82. The van der Waals surface area contributed by atoms with E-state index in [0.717, 1.165) is 0 Å². The summed E-state index contributed by atoms with van der Waals surface area (Å²) in [6, 6.07) is -1.93. The SMILES string of the molecule is COC(=O)[C@H](CCC[C@H](NC(=O)OC(C)(C)C)C(=O)OC)NC(=O)OC(C)(C)C. The van der Waals surface area contributed by atoms with Gasteiger partial charge in [0.25, 0.3) is 0 Å². The number of rotatable bonds is 8. The van der Waals surface area contributed by atoms with Crippen molar-refractivity contribution in [1.29, 1.82) is 0 Å². The smallest absolute Gasteiger partial charge is 0.408 e. The van der Waals surface area contributed by atoms with Gasteiger partial charge in [-0.05, 0) is 60.8 Å². The lowest BCUT2D eigenvalue weighted by Crippen LogP contribution is -2.45. The van der Waals surface area contributed by atoms with E-state index < -0.39 is 47.4 Å². The Bertz CT molecular complexity index is 528. The largest absolute Gasteiger partial charge is 0.467 e. The number of carbonyl (C=O) groups is 4. The van der Waals surface area contributed by atoms with Gasteiger partial charge in [0.2, 0.25) is 0 Å². The third-order valence-electron chi connectivity index (χ3n) is 3.34. The molecule has 0 spiro atoms. The van der Waals surface area contributed by atoms with E-state index in [4.69, 9.17) is 18.9 Å². The number of amides is 2. The van der Waals surface area contributed by atoms with Crippen LogP contribution in [0.4, 0.5) is 9.59 Å². The third kappa shape index (κ3) is 12.5. The Hall–Kier alpha value is -2.52. The summed E-state index contributed by atoms with van der Waals surface area (Å²) in [5.74, 6) is -1.30. The summed E-state index contributed by atoms with van der Waals surface area (Å²) in [5, 5.41) is 4.90. The van der Waals surface area contributed by atoms with Crippen molar-refractivity contribution >= 4 is 24.1 Å². The maximum Gasteiger partial charge on any atom is 0.408 e. The molecule has 10 heteroatoms. The lowest BCUT2D eigenvalue weighted by atomic mass is 10.1. The standard InChI is InChI=1S/C19H34N2O8/c1-18(2,3)28-16(24)20-12(14(22)26-7)10-9-11-13(15(23)27-8)21-17(25)29-19(4,5)6/h12-13H,9-11H2,1-8H3,(H,20,24)(H,21,25)/t12-,13-/m0/s1. The second-order valence-corrected chi connectivity index (χ2v) is 8.37. The summed E-state index contributed by atoms with van der Waals surface area (Å²) in [6.07, 6.45) is -0.899. The summed E-state index contributed by atoms with van der Waals surface area (Å²) in [7, 11) is 2.40. The zero-order valence-electron chi connectivity index (χ0n) is 18.5. The van der Waals surface area contributed by atoms with Crippen molar-refractivity contribution in [3.05, 3.63) is 0 Å². The molecule has 0 saturated carbocycles. The van der Waals surface area contributed by atoms with E-state index >= 15 is 0 Å². The highest BCUT2D eigenvalue weighted by Gasteiger charge is 2.28. The summed E-state index contributed by atoms with van der Waals surface area (Å²) >= 11 is 0. The molecule has 2 N–H and O–H groups in total.